The van der Waals surface area contributed by atoms with Crippen LogP contribution in [0.3, 0.4) is 0 Å². The molecule has 0 bridgehead atoms. The smallest absolute Gasteiger partial charge is 0.289 e. The van der Waals surface area contributed by atoms with E-state index in [1.54, 1.807) is 6.07 Å². The van der Waals surface area contributed by atoms with E-state index in [2.05, 4.69) is 5.32 Å². The first kappa shape index (κ1) is 14.7. The molecule has 0 spiro atoms. The van der Waals surface area contributed by atoms with Gasteiger partial charge < -0.3 is 15.0 Å². The van der Waals surface area contributed by atoms with Gasteiger partial charge in [0, 0.05) is 11.8 Å². The number of anilines is 1. The van der Waals surface area contributed by atoms with Crippen LogP contribution in [0.5, 0.6) is 0 Å². The van der Waals surface area contributed by atoms with Crippen LogP contribution in [-0.2, 0) is 9.53 Å². The number of hydrogen-bond donors (Lipinski definition) is 2. The second kappa shape index (κ2) is 6.65. The summed E-state index contributed by atoms with van der Waals surface area (Å²) in [5.41, 5.74) is 0.155. The Balaban J connectivity index is 1.96. The van der Waals surface area contributed by atoms with Gasteiger partial charge in [0.05, 0.1) is 18.1 Å². The lowest BCUT2D eigenvalue weighted by molar-refractivity contribution is -0.899. The maximum atomic E-state index is 11.9. The van der Waals surface area contributed by atoms with E-state index in [4.69, 9.17) is 16.3 Å². The zero-order valence-electron chi connectivity index (χ0n) is 10.7. The van der Waals surface area contributed by atoms with Crippen LogP contribution in [0.2, 0.25) is 5.02 Å². The molecule has 0 atom stereocenters. The van der Waals surface area contributed by atoms with Crippen molar-refractivity contribution >= 4 is 28.9 Å². The number of quaternary nitrogens is 1. The van der Waals surface area contributed by atoms with Crippen LogP contribution in [0.4, 0.5) is 11.4 Å². The first-order chi connectivity index (χ1) is 9.56. The molecular weight excluding hydrogens is 286 g/mol. The topological polar surface area (TPSA) is 85.9 Å². The number of nitro groups is 1. The van der Waals surface area contributed by atoms with Crippen molar-refractivity contribution in [3.8, 4) is 0 Å². The molecule has 0 radical (unpaired) electrons. The number of rotatable bonds is 4. The van der Waals surface area contributed by atoms with Gasteiger partial charge in [-0.15, -0.1) is 0 Å². The minimum atomic E-state index is -0.578. The number of nitro benzene ring substituents is 1. The Bertz CT molecular complexity index is 517. The Kier molecular flexibility index (Phi) is 4.89. The summed E-state index contributed by atoms with van der Waals surface area (Å²) >= 11 is 5.71. The largest absolute Gasteiger partial charge is 0.370 e. The fraction of sp³-hybridized carbons (Fsp3) is 0.417. The van der Waals surface area contributed by atoms with E-state index in [0.717, 1.165) is 18.0 Å². The number of carbonyl (C=O) groups is 1. The summed E-state index contributed by atoms with van der Waals surface area (Å²) in [4.78, 5) is 23.2. The van der Waals surface area contributed by atoms with Crippen LogP contribution < -0.4 is 10.2 Å². The third-order valence-corrected chi connectivity index (χ3v) is 3.36. The van der Waals surface area contributed by atoms with Crippen molar-refractivity contribution in [2.75, 3.05) is 38.2 Å². The lowest BCUT2D eigenvalue weighted by atomic mass is 10.2. The maximum Gasteiger partial charge on any atom is 0.289 e. The normalized spacial score (nSPS) is 15.8. The first-order valence-corrected chi connectivity index (χ1v) is 6.59. The molecule has 1 saturated heterocycles. The van der Waals surface area contributed by atoms with E-state index in [-0.39, 0.29) is 16.6 Å². The number of nitrogens with zero attached hydrogens (tertiary/aromatic N) is 1. The molecule has 1 fully saturated rings. The predicted octanol–water partition coefficient (Wildman–Crippen LogP) is 0.102. The number of amides is 1. The van der Waals surface area contributed by atoms with E-state index in [0.29, 0.717) is 25.4 Å². The van der Waals surface area contributed by atoms with Gasteiger partial charge in [0.15, 0.2) is 6.54 Å². The van der Waals surface area contributed by atoms with E-state index < -0.39 is 4.92 Å². The molecule has 2 rings (SSSR count). The van der Waals surface area contributed by atoms with E-state index >= 15 is 0 Å². The quantitative estimate of drug-likeness (QED) is 0.610. The molecule has 1 aliphatic rings. The predicted molar refractivity (Wildman–Crippen MR) is 73.1 cm³/mol. The first-order valence-electron chi connectivity index (χ1n) is 6.21. The number of benzene rings is 1. The number of morpholine rings is 1. The maximum absolute atomic E-state index is 11.9. The van der Waals surface area contributed by atoms with Crippen molar-refractivity contribution in [2.45, 2.75) is 0 Å². The van der Waals surface area contributed by atoms with Crippen LogP contribution in [-0.4, -0.2) is 43.7 Å². The third kappa shape index (κ3) is 3.89. The summed E-state index contributed by atoms with van der Waals surface area (Å²) < 4.78 is 5.21. The molecule has 0 aliphatic carbocycles. The number of hydrogen-bond acceptors (Lipinski definition) is 4. The molecule has 1 amide bonds. The van der Waals surface area contributed by atoms with Gasteiger partial charge in [0.1, 0.15) is 18.1 Å². The summed E-state index contributed by atoms with van der Waals surface area (Å²) in [6.45, 7) is 3.19. The highest BCUT2D eigenvalue weighted by Crippen LogP contribution is 2.27. The van der Waals surface area contributed by atoms with E-state index in [9.17, 15) is 14.9 Å². The monoisotopic (exact) mass is 300 g/mol. The minimum absolute atomic E-state index is 0.0480. The van der Waals surface area contributed by atoms with Gasteiger partial charge in [-0.25, -0.2) is 0 Å². The molecule has 7 nitrogen and oxygen atoms in total. The van der Waals surface area contributed by atoms with Crippen molar-refractivity contribution in [1.29, 1.82) is 0 Å². The Hall–Kier alpha value is -1.70. The van der Waals surface area contributed by atoms with Gasteiger partial charge in [-0.2, -0.15) is 0 Å². The molecule has 0 aromatic heterocycles. The Morgan fingerprint density at radius 2 is 2.15 bits per heavy atom. The van der Waals surface area contributed by atoms with Crippen molar-refractivity contribution < 1.29 is 19.4 Å². The highest BCUT2D eigenvalue weighted by molar-refractivity contribution is 6.32. The number of ether oxygens (including phenoxy) is 1. The molecule has 20 heavy (non-hydrogen) atoms. The third-order valence-electron chi connectivity index (χ3n) is 3.04. The molecule has 108 valence electrons. The highest BCUT2D eigenvalue weighted by atomic mass is 35.5. The molecule has 8 heteroatoms. The zero-order valence-corrected chi connectivity index (χ0v) is 11.5. The van der Waals surface area contributed by atoms with Gasteiger partial charge >= 0.3 is 0 Å². The summed E-state index contributed by atoms with van der Waals surface area (Å²) in [5, 5.41) is 13.5. The van der Waals surface area contributed by atoms with Gasteiger partial charge in [-0.05, 0) is 12.1 Å². The Morgan fingerprint density at radius 1 is 1.45 bits per heavy atom. The van der Waals surface area contributed by atoms with E-state index in [1.165, 1.54) is 12.1 Å². The van der Waals surface area contributed by atoms with Crippen LogP contribution in [0.15, 0.2) is 18.2 Å². The molecule has 1 aliphatic heterocycles. The van der Waals surface area contributed by atoms with Crippen LogP contribution in [0.1, 0.15) is 0 Å². The second-order valence-electron chi connectivity index (χ2n) is 4.51. The molecule has 1 aromatic rings. The molecule has 2 N–H and O–H groups in total. The lowest BCUT2D eigenvalue weighted by Crippen LogP contribution is -3.15. The Labute approximate surface area is 120 Å². The second-order valence-corrected chi connectivity index (χ2v) is 4.92. The average molecular weight is 301 g/mol. The minimum Gasteiger partial charge on any atom is -0.370 e. The fourth-order valence-corrected chi connectivity index (χ4v) is 2.19. The highest BCUT2D eigenvalue weighted by Gasteiger charge is 2.19. The van der Waals surface area contributed by atoms with Gasteiger partial charge in [0.25, 0.3) is 11.6 Å². The van der Waals surface area contributed by atoms with Crippen LogP contribution in [0, 0.1) is 10.1 Å². The SMILES string of the molecule is O=C(C[NH+]1CCOCC1)Nc1ccc(Cl)c([N+](=O)[O-])c1. The van der Waals surface area contributed by atoms with Crippen LogP contribution in [0.25, 0.3) is 0 Å². The number of nitrogens with one attached hydrogen (secondary N) is 2. The van der Waals surface area contributed by atoms with Crippen molar-refractivity contribution in [1.82, 2.24) is 0 Å². The summed E-state index contributed by atoms with van der Waals surface area (Å²) in [5.74, 6) is -0.182. The average Bonchev–Trinajstić information content (AvgIpc) is 2.41. The summed E-state index contributed by atoms with van der Waals surface area (Å²) in [6, 6.07) is 4.20. The van der Waals surface area contributed by atoms with Crippen molar-refractivity contribution in [3.05, 3.63) is 33.3 Å². The summed E-state index contributed by atoms with van der Waals surface area (Å²) in [6.07, 6.45) is 0. The molecular formula is C12H15ClN3O4+. The Morgan fingerprint density at radius 3 is 2.80 bits per heavy atom. The lowest BCUT2D eigenvalue weighted by Gasteiger charge is -2.23. The van der Waals surface area contributed by atoms with Gasteiger partial charge in [0.2, 0.25) is 0 Å². The molecule has 0 unspecified atom stereocenters. The zero-order chi connectivity index (χ0) is 14.5. The van der Waals surface area contributed by atoms with Crippen molar-refractivity contribution in [3.63, 3.8) is 0 Å². The number of halogens is 1. The van der Waals surface area contributed by atoms with Gasteiger partial charge in [-0.1, -0.05) is 11.6 Å². The molecule has 1 heterocycles. The van der Waals surface area contributed by atoms with Crippen LogP contribution >= 0.6 is 11.6 Å². The fourth-order valence-electron chi connectivity index (χ4n) is 2.00. The van der Waals surface area contributed by atoms with Crippen molar-refractivity contribution in [2.24, 2.45) is 0 Å². The molecule has 1 aromatic carbocycles. The number of carbonyl (C=O) groups excluding carboxylic acids is 1. The van der Waals surface area contributed by atoms with E-state index in [1.807, 2.05) is 0 Å². The summed E-state index contributed by atoms with van der Waals surface area (Å²) in [7, 11) is 0. The van der Waals surface area contributed by atoms with Gasteiger partial charge in [-0.3, -0.25) is 14.9 Å². The standard InChI is InChI=1S/C12H14ClN3O4/c13-10-2-1-9(7-11(10)16(18)19)14-12(17)8-15-3-5-20-6-4-15/h1-2,7H,3-6,8H2,(H,14,17)/p+1. The molecule has 0 saturated carbocycles.